The van der Waals surface area contributed by atoms with Crippen LogP contribution in [0.15, 0.2) is 18.5 Å². The van der Waals surface area contributed by atoms with Crippen molar-refractivity contribution in [2.75, 3.05) is 25.5 Å². The summed E-state index contributed by atoms with van der Waals surface area (Å²) >= 11 is 0. The Morgan fingerprint density at radius 2 is 2.21 bits per heavy atom. The van der Waals surface area contributed by atoms with E-state index in [0.717, 1.165) is 25.9 Å². The highest BCUT2D eigenvalue weighted by Gasteiger charge is 2.12. The number of nitro groups is 1. The smallest absolute Gasteiger partial charge is 0.310 e. The average molecular weight is 266 g/mol. The van der Waals surface area contributed by atoms with Crippen molar-refractivity contribution in [3.05, 3.63) is 28.6 Å². The lowest BCUT2D eigenvalue weighted by atomic mass is 10.2. The molecule has 0 saturated carbocycles. The van der Waals surface area contributed by atoms with Gasteiger partial charge >= 0.3 is 5.69 Å². The Labute approximate surface area is 114 Å². The molecule has 1 aromatic rings. The molecule has 1 N–H and O–H groups in total. The number of pyridine rings is 1. The van der Waals surface area contributed by atoms with E-state index in [2.05, 4.69) is 36.1 Å². The van der Waals surface area contributed by atoms with Gasteiger partial charge in [-0.25, -0.2) is 0 Å². The number of aromatic nitrogens is 1. The predicted molar refractivity (Wildman–Crippen MR) is 76.4 cm³/mol. The number of anilines is 1. The van der Waals surface area contributed by atoms with Crippen LogP contribution in [0.1, 0.15) is 26.7 Å². The summed E-state index contributed by atoms with van der Waals surface area (Å²) in [6.07, 6.45) is 4.88. The summed E-state index contributed by atoms with van der Waals surface area (Å²) in [5.41, 5.74) is 0.569. The molecule has 6 heteroatoms. The average Bonchev–Trinajstić information content (AvgIpc) is 2.38. The summed E-state index contributed by atoms with van der Waals surface area (Å²) in [6, 6.07) is 2.19. The minimum absolute atomic E-state index is 0.0294. The Morgan fingerprint density at radius 1 is 1.47 bits per heavy atom. The highest BCUT2D eigenvalue weighted by atomic mass is 16.6. The van der Waals surface area contributed by atoms with Gasteiger partial charge in [0.2, 0.25) is 0 Å². The van der Waals surface area contributed by atoms with Crippen molar-refractivity contribution in [1.29, 1.82) is 0 Å². The topological polar surface area (TPSA) is 71.3 Å². The van der Waals surface area contributed by atoms with Crippen LogP contribution in [0, 0.1) is 10.1 Å². The third kappa shape index (κ3) is 5.21. The lowest BCUT2D eigenvalue weighted by Gasteiger charge is -2.20. The Balaban J connectivity index is 2.32. The molecule has 1 aromatic heterocycles. The molecule has 0 radical (unpaired) electrons. The molecule has 0 aliphatic heterocycles. The second-order valence-electron chi connectivity index (χ2n) is 4.86. The molecule has 0 aliphatic carbocycles. The van der Waals surface area contributed by atoms with E-state index < -0.39 is 4.92 Å². The van der Waals surface area contributed by atoms with Gasteiger partial charge in [0.25, 0.3) is 0 Å². The maximum absolute atomic E-state index is 10.8. The Morgan fingerprint density at radius 3 is 2.84 bits per heavy atom. The standard InChI is InChI=1S/C13H22N4O2/c1-11(2)16(3)9-5-4-7-15-12-6-8-14-10-13(12)17(18)19/h6,8,10-11H,4-5,7,9H2,1-3H3,(H,14,15). The van der Waals surface area contributed by atoms with Crippen molar-refractivity contribution in [3.8, 4) is 0 Å². The van der Waals surface area contributed by atoms with Crippen LogP contribution in [-0.4, -0.2) is 41.0 Å². The lowest BCUT2D eigenvalue weighted by Crippen LogP contribution is -2.27. The monoisotopic (exact) mass is 266 g/mol. The lowest BCUT2D eigenvalue weighted by molar-refractivity contribution is -0.384. The van der Waals surface area contributed by atoms with Gasteiger partial charge in [0.1, 0.15) is 11.9 Å². The third-order valence-electron chi connectivity index (χ3n) is 3.13. The van der Waals surface area contributed by atoms with Crippen LogP contribution in [0.5, 0.6) is 0 Å². The second kappa shape index (κ2) is 7.68. The fourth-order valence-corrected chi connectivity index (χ4v) is 1.65. The Hall–Kier alpha value is -1.69. The molecule has 1 heterocycles. The zero-order valence-corrected chi connectivity index (χ0v) is 11.8. The van der Waals surface area contributed by atoms with Gasteiger partial charge < -0.3 is 10.2 Å². The molecule has 106 valence electrons. The molecular weight excluding hydrogens is 244 g/mol. The maximum atomic E-state index is 10.8. The summed E-state index contributed by atoms with van der Waals surface area (Å²) in [5.74, 6) is 0. The minimum atomic E-state index is -0.415. The van der Waals surface area contributed by atoms with Crippen LogP contribution in [0.3, 0.4) is 0 Å². The molecular formula is C13H22N4O2. The third-order valence-corrected chi connectivity index (χ3v) is 3.13. The fraction of sp³-hybridized carbons (Fsp3) is 0.615. The predicted octanol–water partition coefficient (Wildman–Crippen LogP) is 2.52. The fourth-order valence-electron chi connectivity index (χ4n) is 1.65. The van der Waals surface area contributed by atoms with E-state index in [1.165, 1.54) is 6.20 Å². The highest BCUT2D eigenvalue weighted by molar-refractivity contribution is 5.59. The van der Waals surface area contributed by atoms with Gasteiger partial charge in [-0.15, -0.1) is 0 Å². The van der Waals surface area contributed by atoms with Crippen molar-refractivity contribution in [2.24, 2.45) is 0 Å². The first-order chi connectivity index (χ1) is 9.02. The van der Waals surface area contributed by atoms with Crippen LogP contribution >= 0.6 is 0 Å². The summed E-state index contributed by atoms with van der Waals surface area (Å²) in [4.78, 5) is 16.4. The molecule has 0 aromatic carbocycles. The first-order valence-electron chi connectivity index (χ1n) is 6.55. The van der Waals surface area contributed by atoms with Gasteiger partial charge in [-0.3, -0.25) is 15.1 Å². The van der Waals surface area contributed by atoms with Crippen LogP contribution in [-0.2, 0) is 0 Å². The van der Waals surface area contributed by atoms with E-state index >= 15 is 0 Å². The molecule has 0 aliphatic rings. The quantitative estimate of drug-likeness (QED) is 0.445. The molecule has 1 rings (SSSR count). The summed E-state index contributed by atoms with van der Waals surface area (Å²) in [5, 5.41) is 13.9. The van der Waals surface area contributed by atoms with Crippen molar-refractivity contribution in [1.82, 2.24) is 9.88 Å². The van der Waals surface area contributed by atoms with Gasteiger partial charge in [-0.05, 0) is 46.3 Å². The number of unbranched alkanes of at least 4 members (excludes halogenated alkanes) is 1. The van der Waals surface area contributed by atoms with Crippen LogP contribution < -0.4 is 5.32 Å². The molecule has 0 unspecified atom stereocenters. The van der Waals surface area contributed by atoms with E-state index in [1.807, 2.05) is 0 Å². The molecule has 0 amide bonds. The van der Waals surface area contributed by atoms with Gasteiger partial charge in [-0.1, -0.05) is 0 Å². The molecule has 0 atom stereocenters. The van der Waals surface area contributed by atoms with Gasteiger partial charge in [0.15, 0.2) is 0 Å². The molecule has 0 bridgehead atoms. The van der Waals surface area contributed by atoms with Crippen molar-refractivity contribution in [2.45, 2.75) is 32.7 Å². The normalized spacial score (nSPS) is 11.0. The van der Waals surface area contributed by atoms with Gasteiger partial charge in [-0.2, -0.15) is 0 Å². The van der Waals surface area contributed by atoms with E-state index in [9.17, 15) is 10.1 Å². The van der Waals surface area contributed by atoms with E-state index in [0.29, 0.717) is 11.7 Å². The molecule has 0 fully saturated rings. The second-order valence-corrected chi connectivity index (χ2v) is 4.86. The summed E-state index contributed by atoms with van der Waals surface area (Å²) in [7, 11) is 2.10. The van der Waals surface area contributed by atoms with Crippen LogP contribution in [0.4, 0.5) is 11.4 Å². The molecule has 6 nitrogen and oxygen atoms in total. The van der Waals surface area contributed by atoms with Crippen LogP contribution in [0.25, 0.3) is 0 Å². The maximum Gasteiger partial charge on any atom is 0.310 e. The molecule has 0 saturated heterocycles. The molecule has 19 heavy (non-hydrogen) atoms. The van der Waals surface area contributed by atoms with Crippen molar-refractivity contribution in [3.63, 3.8) is 0 Å². The minimum Gasteiger partial charge on any atom is -0.379 e. The largest absolute Gasteiger partial charge is 0.379 e. The summed E-state index contributed by atoms with van der Waals surface area (Å²) < 4.78 is 0. The molecule has 0 spiro atoms. The van der Waals surface area contributed by atoms with Crippen molar-refractivity contribution >= 4 is 11.4 Å². The number of nitrogens with zero attached hydrogens (tertiary/aromatic N) is 3. The zero-order chi connectivity index (χ0) is 14.3. The Bertz CT molecular complexity index is 409. The van der Waals surface area contributed by atoms with Crippen molar-refractivity contribution < 1.29 is 4.92 Å². The highest BCUT2D eigenvalue weighted by Crippen LogP contribution is 2.21. The Kier molecular flexibility index (Phi) is 6.21. The number of hydrogen-bond acceptors (Lipinski definition) is 5. The summed E-state index contributed by atoms with van der Waals surface area (Å²) in [6.45, 7) is 6.10. The number of hydrogen-bond donors (Lipinski definition) is 1. The first-order valence-corrected chi connectivity index (χ1v) is 6.55. The number of nitrogens with one attached hydrogen (secondary N) is 1. The van der Waals surface area contributed by atoms with Crippen LogP contribution in [0.2, 0.25) is 0 Å². The first kappa shape index (κ1) is 15.4. The van der Waals surface area contributed by atoms with E-state index in [4.69, 9.17) is 0 Å². The van der Waals surface area contributed by atoms with Gasteiger partial charge in [0.05, 0.1) is 4.92 Å². The zero-order valence-electron chi connectivity index (χ0n) is 11.8. The van der Waals surface area contributed by atoms with E-state index in [1.54, 1.807) is 12.3 Å². The van der Waals surface area contributed by atoms with E-state index in [-0.39, 0.29) is 5.69 Å². The van der Waals surface area contributed by atoms with Gasteiger partial charge in [0, 0.05) is 18.8 Å². The number of rotatable bonds is 8. The SMILES string of the molecule is CC(C)N(C)CCCCNc1ccncc1[N+](=O)[O-].